The van der Waals surface area contributed by atoms with Gasteiger partial charge in [-0.2, -0.15) is 4.57 Å². The van der Waals surface area contributed by atoms with Gasteiger partial charge in [-0.05, 0) is 12.1 Å². The molecule has 0 atom stereocenters. The van der Waals surface area contributed by atoms with Crippen molar-refractivity contribution in [2.75, 3.05) is 0 Å². The molecule has 0 bridgehead atoms. The van der Waals surface area contributed by atoms with Gasteiger partial charge in [0.2, 0.25) is 11.0 Å². The van der Waals surface area contributed by atoms with Crippen LogP contribution in [-0.2, 0) is 7.05 Å². The molecule has 0 fully saturated rings. The third-order valence-corrected chi connectivity index (χ3v) is 4.53. The first kappa shape index (κ1) is 14.0. The average Bonchev–Trinajstić information content (AvgIpc) is 2.59. The van der Waals surface area contributed by atoms with Crippen LogP contribution in [0, 0.1) is 0 Å². The van der Waals surface area contributed by atoms with Crippen molar-refractivity contribution in [2.45, 2.75) is 0 Å². The summed E-state index contributed by atoms with van der Waals surface area (Å²) in [4.78, 5) is 0. The van der Waals surface area contributed by atoms with Crippen molar-refractivity contribution in [3.63, 3.8) is 0 Å². The fraction of sp³-hybridized carbons (Fsp3) is 0.0500. The lowest BCUT2D eigenvalue weighted by atomic mass is 9.95. The first-order valence-electron chi connectivity index (χ1n) is 7.45. The second-order valence-electron chi connectivity index (χ2n) is 5.70. The lowest BCUT2D eigenvalue weighted by molar-refractivity contribution is -0.617. The summed E-state index contributed by atoms with van der Waals surface area (Å²) < 4.78 is 8.55. The molecule has 23 heavy (non-hydrogen) atoms. The Balaban J connectivity index is 0.00000135. The molecule has 5 rings (SSSR count). The molecule has 0 saturated carbocycles. The quantitative estimate of drug-likeness (QED) is 0.312. The predicted octanol–water partition coefficient (Wildman–Crippen LogP) is 1.59. The van der Waals surface area contributed by atoms with Crippen molar-refractivity contribution in [1.82, 2.24) is 0 Å². The SMILES string of the molecule is C[n+]1c2ccccc2c2c3c(cccc31)-c1ccccc1O2.[Cl-]. The van der Waals surface area contributed by atoms with E-state index < -0.39 is 0 Å². The summed E-state index contributed by atoms with van der Waals surface area (Å²) in [6.45, 7) is 0. The molecule has 2 heterocycles. The standard InChI is InChI=1S/C20H14NO.ClH/c1-21-16-10-4-2-8-15(16)20-19-14(9-6-11-17(19)21)13-7-3-5-12-18(13)22-20;/h2-12H,1H3;1H/q+1;/p-1. The first-order chi connectivity index (χ1) is 10.8. The van der Waals surface area contributed by atoms with Gasteiger partial charge in [0, 0.05) is 23.3 Å². The molecule has 1 aromatic heterocycles. The molecule has 3 heteroatoms. The zero-order valence-electron chi connectivity index (χ0n) is 12.6. The van der Waals surface area contributed by atoms with Crippen LogP contribution in [0.3, 0.4) is 0 Å². The van der Waals surface area contributed by atoms with E-state index in [1.165, 1.54) is 22.0 Å². The number of hydrogen-bond donors (Lipinski definition) is 0. The molecular weight excluding hydrogens is 306 g/mol. The maximum atomic E-state index is 6.30. The summed E-state index contributed by atoms with van der Waals surface area (Å²) in [6.07, 6.45) is 0. The van der Waals surface area contributed by atoms with Crippen molar-refractivity contribution < 1.29 is 21.7 Å². The molecule has 2 nitrogen and oxygen atoms in total. The van der Waals surface area contributed by atoms with Gasteiger partial charge in [0.1, 0.15) is 12.8 Å². The van der Waals surface area contributed by atoms with Crippen LogP contribution in [0.15, 0.2) is 66.7 Å². The molecule has 4 aromatic rings. The molecule has 3 aromatic carbocycles. The highest BCUT2D eigenvalue weighted by Crippen LogP contribution is 2.47. The van der Waals surface area contributed by atoms with Gasteiger partial charge in [-0.15, -0.1) is 0 Å². The van der Waals surface area contributed by atoms with Crippen LogP contribution in [0.1, 0.15) is 0 Å². The molecule has 0 aliphatic carbocycles. The van der Waals surface area contributed by atoms with Crippen molar-refractivity contribution in [2.24, 2.45) is 7.05 Å². The number of hydrogen-bond acceptors (Lipinski definition) is 1. The van der Waals surface area contributed by atoms with Gasteiger partial charge >= 0.3 is 0 Å². The Kier molecular flexibility index (Phi) is 3.03. The van der Waals surface area contributed by atoms with Crippen LogP contribution >= 0.6 is 0 Å². The highest BCUT2D eigenvalue weighted by Gasteiger charge is 2.26. The summed E-state index contributed by atoms with van der Waals surface area (Å²) in [6, 6.07) is 23.1. The molecule has 112 valence electrons. The number of aromatic nitrogens is 1. The van der Waals surface area contributed by atoms with E-state index in [1.807, 2.05) is 12.1 Å². The Morgan fingerprint density at radius 3 is 2.35 bits per heavy atom. The molecule has 0 amide bonds. The Labute approximate surface area is 140 Å². The van der Waals surface area contributed by atoms with Gasteiger partial charge in [0.05, 0.1) is 10.8 Å². The maximum Gasteiger partial charge on any atom is 0.217 e. The summed E-state index contributed by atoms with van der Waals surface area (Å²) in [5.41, 5.74) is 4.79. The minimum atomic E-state index is 0. The molecule has 0 unspecified atom stereocenters. The van der Waals surface area contributed by atoms with E-state index >= 15 is 0 Å². The normalized spacial score (nSPS) is 11.7. The summed E-state index contributed by atoms with van der Waals surface area (Å²) in [5, 5.41) is 2.35. The predicted molar refractivity (Wildman–Crippen MR) is 88.1 cm³/mol. The third kappa shape index (κ3) is 1.79. The minimum Gasteiger partial charge on any atom is -1.00 e. The molecule has 0 saturated heterocycles. The monoisotopic (exact) mass is 319 g/mol. The maximum absolute atomic E-state index is 6.30. The lowest BCUT2D eigenvalue weighted by Gasteiger charge is -2.21. The van der Waals surface area contributed by atoms with Crippen molar-refractivity contribution in [3.05, 3.63) is 66.7 Å². The van der Waals surface area contributed by atoms with Crippen LogP contribution in [0.5, 0.6) is 11.5 Å². The highest BCUT2D eigenvalue weighted by molar-refractivity contribution is 6.08. The van der Waals surface area contributed by atoms with Crippen molar-refractivity contribution in [3.8, 4) is 22.6 Å². The number of benzene rings is 3. The topological polar surface area (TPSA) is 13.1 Å². The third-order valence-electron chi connectivity index (χ3n) is 4.53. The number of aryl methyl sites for hydroxylation is 1. The smallest absolute Gasteiger partial charge is 0.217 e. The molecule has 1 aliphatic rings. The highest BCUT2D eigenvalue weighted by atomic mass is 35.5. The first-order valence-corrected chi connectivity index (χ1v) is 7.45. The Hall–Kier alpha value is -2.58. The molecule has 1 aliphatic heterocycles. The van der Waals surface area contributed by atoms with Gasteiger partial charge in [-0.25, -0.2) is 0 Å². The molecular formula is C20H14ClNO. The lowest BCUT2D eigenvalue weighted by Crippen LogP contribution is -3.00. The summed E-state index contributed by atoms with van der Waals surface area (Å²) in [5.74, 6) is 1.90. The fourth-order valence-electron chi connectivity index (χ4n) is 3.50. The number of pyridine rings is 1. The van der Waals surface area contributed by atoms with E-state index in [4.69, 9.17) is 4.74 Å². The Morgan fingerprint density at radius 2 is 1.43 bits per heavy atom. The number of rotatable bonds is 0. The van der Waals surface area contributed by atoms with Gasteiger partial charge in [0.25, 0.3) is 0 Å². The van der Waals surface area contributed by atoms with Gasteiger partial charge < -0.3 is 17.1 Å². The van der Waals surface area contributed by atoms with Crippen LogP contribution in [0.25, 0.3) is 32.9 Å². The molecule has 0 spiro atoms. The van der Waals surface area contributed by atoms with Gasteiger partial charge in [-0.1, -0.05) is 42.5 Å². The van der Waals surface area contributed by atoms with Gasteiger partial charge in [0.15, 0.2) is 5.75 Å². The second kappa shape index (κ2) is 4.97. The van der Waals surface area contributed by atoms with Crippen LogP contribution < -0.4 is 21.7 Å². The number of para-hydroxylation sites is 2. The minimum absolute atomic E-state index is 0. The van der Waals surface area contributed by atoms with Gasteiger partial charge in [-0.3, -0.25) is 0 Å². The second-order valence-corrected chi connectivity index (χ2v) is 5.70. The molecule has 0 N–H and O–H groups in total. The van der Waals surface area contributed by atoms with E-state index in [1.54, 1.807) is 0 Å². The Morgan fingerprint density at radius 1 is 0.739 bits per heavy atom. The van der Waals surface area contributed by atoms with Crippen LogP contribution in [0.4, 0.5) is 0 Å². The zero-order valence-corrected chi connectivity index (χ0v) is 13.3. The van der Waals surface area contributed by atoms with E-state index in [2.05, 4.69) is 66.2 Å². The van der Waals surface area contributed by atoms with E-state index in [-0.39, 0.29) is 12.4 Å². The number of halogens is 1. The zero-order chi connectivity index (χ0) is 14.7. The van der Waals surface area contributed by atoms with E-state index in [0.29, 0.717) is 0 Å². The van der Waals surface area contributed by atoms with Crippen LogP contribution in [-0.4, -0.2) is 0 Å². The fourth-order valence-corrected chi connectivity index (χ4v) is 3.50. The Bertz CT molecular complexity index is 1070. The number of fused-ring (bicyclic) bond motifs is 4. The van der Waals surface area contributed by atoms with E-state index in [9.17, 15) is 0 Å². The average molecular weight is 320 g/mol. The number of ether oxygens (including phenoxy) is 1. The van der Waals surface area contributed by atoms with E-state index in [0.717, 1.165) is 22.4 Å². The summed E-state index contributed by atoms with van der Waals surface area (Å²) in [7, 11) is 2.12. The van der Waals surface area contributed by atoms with Crippen molar-refractivity contribution in [1.29, 1.82) is 0 Å². The van der Waals surface area contributed by atoms with Crippen molar-refractivity contribution >= 4 is 21.8 Å². The van der Waals surface area contributed by atoms with Crippen LogP contribution in [0.2, 0.25) is 0 Å². The number of nitrogens with zero attached hydrogens (tertiary/aromatic N) is 1. The summed E-state index contributed by atoms with van der Waals surface area (Å²) >= 11 is 0. The molecule has 0 radical (unpaired) electrons. The largest absolute Gasteiger partial charge is 1.00 e.